The van der Waals surface area contributed by atoms with Gasteiger partial charge in [0.25, 0.3) is 0 Å². The number of piperidine rings is 1. The smallest absolute Gasteiger partial charge is 0.141 e. The highest BCUT2D eigenvalue weighted by molar-refractivity contribution is 9.10. The van der Waals surface area contributed by atoms with Crippen molar-refractivity contribution >= 4 is 21.7 Å². The third-order valence-electron chi connectivity index (χ3n) is 4.71. The lowest BCUT2D eigenvalue weighted by molar-refractivity contribution is 0.157. The average Bonchev–Trinajstić information content (AvgIpc) is 2.66. The van der Waals surface area contributed by atoms with Gasteiger partial charge in [0.05, 0.1) is 16.8 Å². The molecule has 110 valence electrons. The highest BCUT2D eigenvalue weighted by Crippen LogP contribution is 2.41. The van der Waals surface area contributed by atoms with Crippen molar-refractivity contribution in [2.75, 3.05) is 19.9 Å². The van der Waals surface area contributed by atoms with Gasteiger partial charge >= 0.3 is 0 Å². The summed E-state index contributed by atoms with van der Waals surface area (Å²) in [5.74, 6) is 1.84. The number of aromatic nitrogens is 2. The van der Waals surface area contributed by atoms with Crippen molar-refractivity contribution < 1.29 is 4.74 Å². The van der Waals surface area contributed by atoms with Crippen LogP contribution in [0.4, 0.5) is 5.82 Å². The van der Waals surface area contributed by atoms with Gasteiger partial charge in [-0.05, 0) is 48.7 Å². The van der Waals surface area contributed by atoms with E-state index in [0.717, 1.165) is 28.8 Å². The SMILES string of the molecule is COCc1nc(C2CC3CCC(C2)N3C)nc(N)c1Br. The molecule has 2 aliphatic rings. The molecule has 0 saturated carbocycles. The lowest BCUT2D eigenvalue weighted by Gasteiger charge is -2.35. The number of methoxy groups -OCH3 is 1. The standard InChI is InChI=1S/C14H21BrN4O/c1-19-9-3-4-10(19)6-8(5-9)14-17-11(7-20-2)12(15)13(16)18-14/h8-10H,3-7H2,1-2H3,(H2,16,17,18). The molecule has 20 heavy (non-hydrogen) atoms. The van der Waals surface area contributed by atoms with Crippen molar-refractivity contribution in [1.82, 2.24) is 14.9 Å². The van der Waals surface area contributed by atoms with E-state index in [-0.39, 0.29) is 0 Å². The molecule has 2 unspecified atom stereocenters. The van der Waals surface area contributed by atoms with E-state index in [9.17, 15) is 0 Å². The molecule has 0 radical (unpaired) electrons. The van der Waals surface area contributed by atoms with Crippen LogP contribution in [-0.2, 0) is 11.3 Å². The second-order valence-corrected chi connectivity index (χ2v) is 6.67. The zero-order chi connectivity index (χ0) is 14.3. The Kier molecular flexibility index (Phi) is 3.97. The van der Waals surface area contributed by atoms with Crippen LogP contribution in [0.15, 0.2) is 4.47 Å². The quantitative estimate of drug-likeness (QED) is 0.914. The van der Waals surface area contributed by atoms with E-state index >= 15 is 0 Å². The van der Waals surface area contributed by atoms with E-state index in [4.69, 9.17) is 10.5 Å². The average molecular weight is 341 g/mol. The predicted octanol–water partition coefficient (Wildman–Crippen LogP) is 2.31. The minimum atomic E-state index is 0.426. The highest BCUT2D eigenvalue weighted by Gasteiger charge is 2.40. The second kappa shape index (κ2) is 5.58. The Morgan fingerprint density at radius 3 is 2.55 bits per heavy atom. The first-order valence-corrected chi connectivity index (χ1v) is 7.92. The Labute approximate surface area is 128 Å². The van der Waals surface area contributed by atoms with E-state index in [0.29, 0.717) is 30.4 Å². The van der Waals surface area contributed by atoms with Crippen molar-refractivity contribution in [1.29, 1.82) is 0 Å². The molecule has 0 spiro atoms. The summed E-state index contributed by atoms with van der Waals surface area (Å²) in [5, 5.41) is 0. The van der Waals surface area contributed by atoms with Crippen molar-refractivity contribution in [2.24, 2.45) is 0 Å². The second-order valence-electron chi connectivity index (χ2n) is 5.88. The van der Waals surface area contributed by atoms with Gasteiger partial charge in [-0.3, -0.25) is 0 Å². The van der Waals surface area contributed by atoms with Crippen molar-refractivity contribution in [3.63, 3.8) is 0 Å². The molecule has 2 fully saturated rings. The normalized spacial score (nSPS) is 29.9. The van der Waals surface area contributed by atoms with Gasteiger partial charge in [0.15, 0.2) is 0 Å². The monoisotopic (exact) mass is 340 g/mol. The molecule has 2 aliphatic heterocycles. The van der Waals surface area contributed by atoms with E-state index in [1.54, 1.807) is 7.11 Å². The van der Waals surface area contributed by atoms with Crippen molar-refractivity contribution in [2.45, 2.75) is 50.3 Å². The van der Waals surface area contributed by atoms with E-state index in [1.807, 2.05) is 0 Å². The van der Waals surface area contributed by atoms with Gasteiger partial charge in [0, 0.05) is 25.1 Å². The minimum Gasteiger partial charge on any atom is -0.383 e. The highest BCUT2D eigenvalue weighted by atomic mass is 79.9. The third-order valence-corrected chi connectivity index (χ3v) is 5.57. The number of nitrogens with zero attached hydrogens (tertiary/aromatic N) is 3. The number of rotatable bonds is 3. The fraction of sp³-hybridized carbons (Fsp3) is 0.714. The Bertz CT molecular complexity index is 496. The zero-order valence-electron chi connectivity index (χ0n) is 12.0. The Balaban J connectivity index is 1.87. The van der Waals surface area contributed by atoms with Gasteiger partial charge in [0.1, 0.15) is 11.6 Å². The number of anilines is 1. The van der Waals surface area contributed by atoms with Crippen molar-refractivity contribution in [3.8, 4) is 0 Å². The van der Waals surface area contributed by atoms with Crippen LogP contribution in [-0.4, -0.2) is 41.1 Å². The molecule has 0 aliphatic carbocycles. The number of nitrogen functional groups attached to an aromatic ring is 1. The van der Waals surface area contributed by atoms with Crippen LogP contribution in [0.2, 0.25) is 0 Å². The summed E-state index contributed by atoms with van der Waals surface area (Å²) in [6.07, 6.45) is 4.88. The Morgan fingerprint density at radius 1 is 1.30 bits per heavy atom. The molecule has 3 heterocycles. The van der Waals surface area contributed by atoms with Gasteiger partial charge in [0.2, 0.25) is 0 Å². The summed E-state index contributed by atoms with van der Waals surface area (Å²) in [7, 11) is 3.91. The number of ether oxygens (including phenoxy) is 1. The van der Waals surface area contributed by atoms with E-state index in [2.05, 4.69) is 37.8 Å². The lowest BCUT2D eigenvalue weighted by Crippen LogP contribution is -2.39. The molecule has 6 heteroatoms. The van der Waals surface area contributed by atoms with Gasteiger partial charge < -0.3 is 15.4 Å². The van der Waals surface area contributed by atoms with Crippen LogP contribution in [0.5, 0.6) is 0 Å². The van der Waals surface area contributed by atoms with Crippen LogP contribution in [0.25, 0.3) is 0 Å². The molecule has 1 aromatic rings. The fourth-order valence-electron chi connectivity index (χ4n) is 3.57. The predicted molar refractivity (Wildman–Crippen MR) is 81.4 cm³/mol. The molecule has 2 atom stereocenters. The molecule has 0 amide bonds. The van der Waals surface area contributed by atoms with E-state index < -0.39 is 0 Å². The maximum Gasteiger partial charge on any atom is 0.141 e. The van der Waals surface area contributed by atoms with Crippen LogP contribution < -0.4 is 5.73 Å². The Hall–Kier alpha value is -0.720. The van der Waals surface area contributed by atoms with Crippen molar-refractivity contribution in [3.05, 3.63) is 16.0 Å². The molecule has 2 N–H and O–H groups in total. The lowest BCUT2D eigenvalue weighted by atomic mass is 9.90. The summed E-state index contributed by atoms with van der Waals surface area (Å²) in [5.41, 5.74) is 6.86. The third kappa shape index (κ3) is 2.44. The van der Waals surface area contributed by atoms with Gasteiger partial charge in [-0.1, -0.05) is 0 Å². The summed E-state index contributed by atoms with van der Waals surface area (Å²) in [4.78, 5) is 11.7. The van der Waals surface area contributed by atoms with E-state index in [1.165, 1.54) is 12.8 Å². The Morgan fingerprint density at radius 2 is 1.95 bits per heavy atom. The summed E-state index contributed by atoms with van der Waals surface area (Å²) >= 11 is 3.45. The van der Waals surface area contributed by atoms with Gasteiger partial charge in [-0.25, -0.2) is 9.97 Å². The minimum absolute atomic E-state index is 0.426. The maximum atomic E-state index is 6.01. The maximum absolute atomic E-state index is 6.01. The molecule has 1 aromatic heterocycles. The van der Waals surface area contributed by atoms with Gasteiger partial charge in [-0.2, -0.15) is 0 Å². The molecule has 0 aromatic carbocycles. The summed E-state index contributed by atoms with van der Waals surface area (Å²) < 4.78 is 5.96. The first kappa shape index (κ1) is 14.2. The molecule has 2 saturated heterocycles. The van der Waals surface area contributed by atoms with Crippen LogP contribution >= 0.6 is 15.9 Å². The molecule has 2 bridgehead atoms. The number of nitrogens with two attached hydrogens (primary N) is 1. The topological polar surface area (TPSA) is 64.3 Å². The van der Waals surface area contributed by atoms with Crippen LogP contribution in [0.1, 0.15) is 43.1 Å². The van der Waals surface area contributed by atoms with Gasteiger partial charge in [-0.15, -0.1) is 0 Å². The number of hydrogen-bond acceptors (Lipinski definition) is 5. The number of fused-ring (bicyclic) bond motifs is 2. The fourth-order valence-corrected chi connectivity index (χ4v) is 3.86. The first-order chi connectivity index (χ1) is 9.60. The number of hydrogen-bond donors (Lipinski definition) is 1. The molecular formula is C14H21BrN4O. The van der Waals surface area contributed by atoms with Crippen LogP contribution in [0, 0.1) is 0 Å². The summed E-state index contributed by atoms with van der Waals surface area (Å²) in [6, 6.07) is 1.36. The molecule has 5 nitrogen and oxygen atoms in total. The van der Waals surface area contributed by atoms with Crippen LogP contribution in [0.3, 0.4) is 0 Å². The summed E-state index contributed by atoms with van der Waals surface area (Å²) in [6.45, 7) is 0.458. The zero-order valence-corrected chi connectivity index (χ0v) is 13.6. The first-order valence-electron chi connectivity index (χ1n) is 7.12. The number of halogens is 1. The molecule has 3 rings (SSSR count). The molecular weight excluding hydrogens is 320 g/mol. The largest absolute Gasteiger partial charge is 0.383 e.